The lowest BCUT2D eigenvalue weighted by Gasteiger charge is -2.49. The Kier molecular flexibility index (Phi) is 4.43. The molecule has 5 nitrogen and oxygen atoms in total. The van der Waals surface area contributed by atoms with E-state index in [4.69, 9.17) is 5.73 Å². The number of hydrogen-bond acceptors (Lipinski definition) is 6. The fraction of sp³-hybridized carbons (Fsp3) is 0.714. The van der Waals surface area contributed by atoms with Crippen molar-refractivity contribution in [3.05, 3.63) is 18.5 Å². The summed E-state index contributed by atoms with van der Waals surface area (Å²) < 4.78 is 0. The fourth-order valence-corrected chi connectivity index (χ4v) is 4.49. The van der Waals surface area contributed by atoms with E-state index in [1.165, 1.54) is 24.3 Å². The summed E-state index contributed by atoms with van der Waals surface area (Å²) in [5.74, 6) is 3.35. The molecule has 0 aromatic carbocycles. The first-order valence-corrected chi connectivity index (χ1v) is 8.54. The molecule has 0 atom stereocenters. The molecular weight excluding hydrogens is 270 g/mol. The molecule has 0 spiro atoms. The zero-order valence-corrected chi connectivity index (χ0v) is 12.7. The highest BCUT2D eigenvalue weighted by Gasteiger charge is 2.38. The second-order valence-corrected chi connectivity index (χ2v) is 6.79. The normalized spacial score (nSPS) is 23.8. The van der Waals surface area contributed by atoms with E-state index in [2.05, 4.69) is 31.5 Å². The Morgan fingerprint density at radius 2 is 1.75 bits per heavy atom. The van der Waals surface area contributed by atoms with E-state index in [0.717, 1.165) is 38.7 Å². The minimum atomic E-state index is 0.245. The van der Waals surface area contributed by atoms with E-state index in [9.17, 15) is 0 Å². The second kappa shape index (κ2) is 6.28. The number of nitrogens with two attached hydrogens (primary N) is 1. The Morgan fingerprint density at radius 3 is 2.35 bits per heavy atom. The first-order chi connectivity index (χ1) is 9.84. The maximum atomic E-state index is 6.13. The highest BCUT2D eigenvalue weighted by molar-refractivity contribution is 7.99. The monoisotopic (exact) mass is 293 g/mol. The zero-order chi connectivity index (χ0) is 13.8. The fourth-order valence-electron chi connectivity index (χ4n) is 3.24. The lowest BCUT2D eigenvalue weighted by atomic mass is 9.89. The summed E-state index contributed by atoms with van der Waals surface area (Å²) in [6.45, 7) is 4.92. The molecule has 0 saturated carbocycles. The van der Waals surface area contributed by atoms with Crippen LogP contribution in [0.15, 0.2) is 18.5 Å². The first kappa shape index (κ1) is 14.1. The van der Waals surface area contributed by atoms with Crippen LogP contribution in [0.4, 0.5) is 5.95 Å². The average molecular weight is 293 g/mol. The van der Waals surface area contributed by atoms with Crippen molar-refractivity contribution in [1.29, 1.82) is 0 Å². The van der Waals surface area contributed by atoms with E-state index in [1.807, 2.05) is 18.5 Å². The van der Waals surface area contributed by atoms with E-state index in [0.29, 0.717) is 0 Å². The van der Waals surface area contributed by atoms with Gasteiger partial charge in [-0.15, -0.1) is 0 Å². The van der Waals surface area contributed by atoms with Gasteiger partial charge in [0.1, 0.15) is 0 Å². The number of rotatable bonds is 3. The SMILES string of the molecule is NCC1(N2CCN(c3ncccn3)CC2)CCSCC1. The van der Waals surface area contributed by atoms with Gasteiger partial charge in [-0.1, -0.05) is 0 Å². The molecule has 1 aromatic rings. The molecule has 1 aromatic heterocycles. The predicted molar refractivity (Wildman–Crippen MR) is 84.2 cm³/mol. The summed E-state index contributed by atoms with van der Waals surface area (Å²) in [7, 11) is 0. The highest BCUT2D eigenvalue weighted by Crippen LogP contribution is 2.32. The van der Waals surface area contributed by atoms with Crippen LogP contribution in [-0.2, 0) is 0 Å². The van der Waals surface area contributed by atoms with Gasteiger partial charge in [0.2, 0.25) is 5.95 Å². The van der Waals surface area contributed by atoms with Crippen molar-refractivity contribution in [2.24, 2.45) is 5.73 Å². The third kappa shape index (κ3) is 2.77. The molecule has 3 heterocycles. The predicted octanol–water partition coefficient (Wildman–Crippen LogP) is 0.823. The molecule has 0 unspecified atom stereocenters. The molecule has 0 radical (unpaired) electrons. The van der Waals surface area contributed by atoms with Crippen molar-refractivity contribution in [3.8, 4) is 0 Å². The Labute approximate surface area is 124 Å². The third-order valence-electron chi connectivity index (χ3n) is 4.59. The van der Waals surface area contributed by atoms with Crippen molar-refractivity contribution in [1.82, 2.24) is 14.9 Å². The molecule has 2 aliphatic heterocycles. The van der Waals surface area contributed by atoms with Crippen molar-refractivity contribution in [2.75, 3.05) is 49.1 Å². The third-order valence-corrected chi connectivity index (χ3v) is 5.57. The van der Waals surface area contributed by atoms with Gasteiger partial charge >= 0.3 is 0 Å². The van der Waals surface area contributed by atoms with Crippen molar-refractivity contribution in [2.45, 2.75) is 18.4 Å². The maximum absolute atomic E-state index is 6.13. The molecule has 0 amide bonds. The summed E-state index contributed by atoms with van der Waals surface area (Å²) in [6, 6.07) is 1.86. The molecule has 0 bridgehead atoms. The minimum absolute atomic E-state index is 0.245. The van der Waals surface area contributed by atoms with E-state index < -0.39 is 0 Å². The van der Waals surface area contributed by atoms with Gasteiger partial charge in [0.25, 0.3) is 0 Å². The molecule has 110 valence electrons. The van der Waals surface area contributed by atoms with Gasteiger partial charge in [-0.2, -0.15) is 11.8 Å². The summed E-state index contributed by atoms with van der Waals surface area (Å²) in [5.41, 5.74) is 6.37. The average Bonchev–Trinajstić information content (AvgIpc) is 2.56. The zero-order valence-electron chi connectivity index (χ0n) is 11.9. The summed E-state index contributed by atoms with van der Waals surface area (Å²) in [6.07, 6.45) is 6.09. The number of piperazine rings is 1. The largest absolute Gasteiger partial charge is 0.338 e. The number of aromatic nitrogens is 2. The van der Waals surface area contributed by atoms with Crippen LogP contribution in [0.1, 0.15) is 12.8 Å². The van der Waals surface area contributed by atoms with Crippen LogP contribution in [-0.4, -0.2) is 64.6 Å². The van der Waals surface area contributed by atoms with Gasteiger partial charge in [-0.25, -0.2) is 9.97 Å². The Hall–Kier alpha value is -0.850. The molecule has 2 aliphatic rings. The Bertz CT molecular complexity index is 413. The van der Waals surface area contributed by atoms with Crippen LogP contribution in [0.5, 0.6) is 0 Å². The number of anilines is 1. The Morgan fingerprint density at radius 1 is 1.10 bits per heavy atom. The number of hydrogen-bond donors (Lipinski definition) is 1. The molecular formula is C14H23N5S. The van der Waals surface area contributed by atoms with E-state index in [1.54, 1.807) is 0 Å². The quantitative estimate of drug-likeness (QED) is 0.890. The van der Waals surface area contributed by atoms with Gasteiger partial charge in [-0.3, -0.25) is 4.90 Å². The first-order valence-electron chi connectivity index (χ1n) is 7.39. The van der Waals surface area contributed by atoms with Gasteiger partial charge in [0, 0.05) is 50.7 Å². The minimum Gasteiger partial charge on any atom is -0.338 e. The van der Waals surface area contributed by atoms with Gasteiger partial charge < -0.3 is 10.6 Å². The van der Waals surface area contributed by atoms with Crippen LogP contribution in [0.3, 0.4) is 0 Å². The Balaban J connectivity index is 1.63. The lowest BCUT2D eigenvalue weighted by molar-refractivity contribution is 0.0779. The van der Waals surface area contributed by atoms with Gasteiger partial charge in [-0.05, 0) is 30.4 Å². The van der Waals surface area contributed by atoms with Crippen LogP contribution in [0, 0.1) is 0 Å². The van der Waals surface area contributed by atoms with Crippen molar-refractivity contribution < 1.29 is 0 Å². The summed E-state index contributed by atoms with van der Waals surface area (Å²) in [5, 5.41) is 0. The smallest absolute Gasteiger partial charge is 0.225 e. The molecule has 2 fully saturated rings. The van der Waals surface area contributed by atoms with Crippen molar-refractivity contribution >= 4 is 17.7 Å². The second-order valence-electron chi connectivity index (χ2n) is 5.56. The number of thioether (sulfide) groups is 1. The topological polar surface area (TPSA) is 58.3 Å². The highest BCUT2D eigenvalue weighted by atomic mass is 32.2. The van der Waals surface area contributed by atoms with Crippen molar-refractivity contribution in [3.63, 3.8) is 0 Å². The van der Waals surface area contributed by atoms with Gasteiger partial charge in [0.15, 0.2) is 0 Å². The summed E-state index contributed by atoms with van der Waals surface area (Å²) >= 11 is 2.06. The lowest BCUT2D eigenvalue weighted by Crippen LogP contribution is -2.61. The molecule has 2 saturated heterocycles. The van der Waals surface area contributed by atoms with Crippen LogP contribution in [0.2, 0.25) is 0 Å². The molecule has 20 heavy (non-hydrogen) atoms. The number of nitrogens with zero attached hydrogens (tertiary/aromatic N) is 4. The van der Waals surface area contributed by atoms with Crippen LogP contribution >= 0.6 is 11.8 Å². The van der Waals surface area contributed by atoms with Crippen LogP contribution < -0.4 is 10.6 Å². The molecule has 2 N–H and O–H groups in total. The molecule has 6 heteroatoms. The van der Waals surface area contributed by atoms with Gasteiger partial charge in [0.05, 0.1) is 0 Å². The summed E-state index contributed by atoms with van der Waals surface area (Å²) in [4.78, 5) is 13.6. The van der Waals surface area contributed by atoms with E-state index in [-0.39, 0.29) is 5.54 Å². The maximum Gasteiger partial charge on any atom is 0.225 e. The molecule has 0 aliphatic carbocycles. The standard InChI is InChI=1S/C14H23N5S/c15-12-14(2-10-20-11-3-14)19-8-6-18(7-9-19)13-16-4-1-5-17-13/h1,4-5H,2-3,6-12,15H2. The van der Waals surface area contributed by atoms with Crippen LogP contribution in [0.25, 0.3) is 0 Å². The van der Waals surface area contributed by atoms with E-state index >= 15 is 0 Å². The molecule has 3 rings (SSSR count).